The smallest absolute Gasteiger partial charge is 0.248 e. The fraction of sp³-hybridized carbons (Fsp3) is 0. The molecule has 0 aliphatic heterocycles. The summed E-state index contributed by atoms with van der Waals surface area (Å²) < 4.78 is 0. The molecule has 0 fully saturated rings. The van der Waals surface area contributed by atoms with Crippen molar-refractivity contribution in [2.24, 2.45) is 0 Å². The van der Waals surface area contributed by atoms with Crippen LogP contribution in [0.4, 0.5) is 5.69 Å². The van der Waals surface area contributed by atoms with Gasteiger partial charge in [-0.25, -0.2) is 0 Å². The summed E-state index contributed by atoms with van der Waals surface area (Å²) in [5, 5.41) is 5.86. The molecule has 0 spiro atoms. The molecule has 0 atom stereocenters. The SMILES string of the molecule is O=C(/C=C/c1cccc2ccccc12)Nc1ccc(Cl)c(Cl)c1. The second-order valence-electron chi connectivity index (χ2n) is 5.02. The van der Waals surface area contributed by atoms with Gasteiger partial charge in [0, 0.05) is 11.8 Å². The van der Waals surface area contributed by atoms with Gasteiger partial charge in [0.1, 0.15) is 0 Å². The van der Waals surface area contributed by atoms with Crippen LogP contribution in [-0.2, 0) is 4.79 Å². The predicted molar refractivity (Wildman–Crippen MR) is 98.1 cm³/mol. The van der Waals surface area contributed by atoms with E-state index < -0.39 is 0 Å². The number of benzene rings is 3. The van der Waals surface area contributed by atoms with Gasteiger partial charge in [-0.15, -0.1) is 0 Å². The number of anilines is 1. The molecule has 0 heterocycles. The molecule has 0 aromatic heterocycles. The third-order valence-electron chi connectivity index (χ3n) is 3.42. The van der Waals surface area contributed by atoms with E-state index in [0.717, 1.165) is 16.3 Å². The van der Waals surface area contributed by atoms with E-state index in [9.17, 15) is 4.79 Å². The third-order valence-corrected chi connectivity index (χ3v) is 4.16. The van der Waals surface area contributed by atoms with Crippen LogP contribution >= 0.6 is 23.2 Å². The number of carbonyl (C=O) groups excluding carboxylic acids is 1. The van der Waals surface area contributed by atoms with Crippen molar-refractivity contribution in [3.05, 3.63) is 82.3 Å². The Kier molecular flexibility index (Phi) is 4.65. The maximum absolute atomic E-state index is 12.0. The number of hydrogen-bond acceptors (Lipinski definition) is 1. The van der Waals surface area contributed by atoms with Gasteiger partial charge >= 0.3 is 0 Å². The standard InChI is InChI=1S/C19H13Cl2NO/c20-17-10-9-15(12-18(17)21)22-19(23)11-8-14-6-3-5-13-4-1-2-7-16(13)14/h1-12H,(H,22,23)/b11-8+. The number of nitrogens with one attached hydrogen (secondary N) is 1. The average Bonchev–Trinajstić information content (AvgIpc) is 2.56. The third kappa shape index (κ3) is 3.73. The van der Waals surface area contributed by atoms with Gasteiger partial charge in [0.15, 0.2) is 0 Å². The van der Waals surface area contributed by atoms with Crippen molar-refractivity contribution in [1.29, 1.82) is 0 Å². The Labute approximate surface area is 144 Å². The largest absolute Gasteiger partial charge is 0.322 e. The molecular formula is C19H13Cl2NO. The number of rotatable bonds is 3. The van der Waals surface area contributed by atoms with E-state index in [1.54, 1.807) is 24.3 Å². The Morgan fingerprint density at radius 3 is 2.52 bits per heavy atom. The minimum Gasteiger partial charge on any atom is -0.322 e. The summed E-state index contributed by atoms with van der Waals surface area (Å²) in [6, 6.07) is 19.0. The van der Waals surface area contributed by atoms with E-state index in [1.807, 2.05) is 42.5 Å². The summed E-state index contributed by atoms with van der Waals surface area (Å²) in [6.07, 6.45) is 3.31. The zero-order valence-corrected chi connectivity index (χ0v) is 13.6. The summed E-state index contributed by atoms with van der Waals surface area (Å²) in [5.74, 6) is -0.226. The lowest BCUT2D eigenvalue weighted by molar-refractivity contribution is -0.111. The minimum absolute atomic E-state index is 0.226. The van der Waals surface area contributed by atoms with Crippen molar-refractivity contribution in [3.8, 4) is 0 Å². The summed E-state index contributed by atoms with van der Waals surface area (Å²) in [5.41, 5.74) is 1.60. The Bertz CT molecular complexity index is 898. The van der Waals surface area contributed by atoms with Gasteiger partial charge in [-0.3, -0.25) is 4.79 Å². The van der Waals surface area contributed by atoms with E-state index in [1.165, 1.54) is 6.08 Å². The zero-order chi connectivity index (χ0) is 16.2. The molecule has 4 heteroatoms. The molecule has 3 rings (SSSR count). The van der Waals surface area contributed by atoms with Gasteiger partial charge in [0.2, 0.25) is 5.91 Å². The molecule has 1 amide bonds. The predicted octanol–water partition coefficient (Wildman–Crippen LogP) is 5.80. The van der Waals surface area contributed by atoms with Crippen LogP contribution in [0.25, 0.3) is 16.8 Å². The molecule has 0 saturated carbocycles. The molecule has 3 aromatic carbocycles. The van der Waals surface area contributed by atoms with Gasteiger partial charge in [-0.05, 0) is 40.6 Å². The number of hydrogen-bond donors (Lipinski definition) is 1. The van der Waals surface area contributed by atoms with Crippen LogP contribution in [0.3, 0.4) is 0 Å². The number of amides is 1. The monoisotopic (exact) mass is 341 g/mol. The normalized spacial score (nSPS) is 11.0. The first-order valence-electron chi connectivity index (χ1n) is 7.05. The highest BCUT2D eigenvalue weighted by Crippen LogP contribution is 2.25. The van der Waals surface area contributed by atoms with Crippen LogP contribution < -0.4 is 5.32 Å². The van der Waals surface area contributed by atoms with Crippen LogP contribution in [0.15, 0.2) is 66.7 Å². The lowest BCUT2D eigenvalue weighted by atomic mass is 10.0. The second-order valence-corrected chi connectivity index (χ2v) is 5.83. The molecule has 0 aliphatic rings. The summed E-state index contributed by atoms with van der Waals surface area (Å²) in [4.78, 5) is 12.0. The van der Waals surface area contributed by atoms with Crippen LogP contribution in [-0.4, -0.2) is 5.91 Å². The first kappa shape index (κ1) is 15.6. The molecule has 23 heavy (non-hydrogen) atoms. The molecule has 0 aliphatic carbocycles. The van der Waals surface area contributed by atoms with Crippen molar-refractivity contribution in [1.82, 2.24) is 0 Å². The Balaban J connectivity index is 1.78. The molecule has 2 nitrogen and oxygen atoms in total. The fourth-order valence-electron chi connectivity index (χ4n) is 2.32. The molecule has 0 unspecified atom stereocenters. The van der Waals surface area contributed by atoms with E-state index >= 15 is 0 Å². The molecule has 0 saturated heterocycles. The van der Waals surface area contributed by atoms with Crippen molar-refractivity contribution in [2.75, 3.05) is 5.32 Å². The first-order valence-corrected chi connectivity index (χ1v) is 7.81. The van der Waals surface area contributed by atoms with Crippen molar-refractivity contribution < 1.29 is 4.79 Å². The fourth-order valence-corrected chi connectivity index (χ4v) is 2.62. The van der Waals surface area contributed by atoms with Crippen LogP contribution in [0.1, 0.15) is 5.56 Å². The first-order chi connectivity index (χ1) is 11.1. The molecule has 0 bridgehead atoms. The maximum Gasteiger partial charge on any atom is 0.248 e. The van der Waals surface area contributed by atoms with Crippen LogP contribution in [0.2, 0.25) is 10.0 Å². The van der Waals surface area contributed by atoms with Crippen molar-refractivity contribution in [2.45, 2.75) is 0 Å². The summed E-state index contributed by atoms with van der Waals surface area (Å²) in [7, 11) is 0. The maximum atomic E-state index is 12.0. The lowest BCUT2D eigenvalue weighted by Gasteiger charge is -2.04. The van der Waals surface area contributed by atoms with E-state index in [2.05, 4.69) is 5.32 Å². The summed E-state index contributed by atoms with van der Waals surface area (Å²) >= 11 is 11.8. The van der Waals surface area contributed by atoms with Crippen LogP contribution in [0, 0.1) is 0 Å². The Morgan fingerprint density at radius 1 is 0.913 bits per heavy atom. The summed E-state index contributed by atoms with van der Waals surface area (Å²) in [6.45, 7) is 0. The van der Waals surface area contributed by atoms with E-state index in [0.29, 0.717) is 15.7 Å². The zero-order valence-electron chi connectivity index (χ0n) is 12.1. The molecule has 0 radical (unpaired) electrons. The van der Waals surface area contributed by atoms with E-state index in [4.69, 9.17) is 23.2 Å². The molecule has 3 aromatic rings. The van der Waals surface area contributed by atoms with Gasteiger partial charge in [-0.2, -0.15) is 0 Å². The average molecular weight is 342 g/mol. The number of carbonyl (C=O) groups is 1. The highest BCUT2D eigenvalue weighted by Gasteiger charge is 2.02. The highest BCUT2D eigenvalue weighted by molar-refractivity contribution is 6.42. The lowest BCUT2D eigenvalue weighted by Crippen LogP contribution is -2.07. The van der Waals surface area contributed by atoms with Crippen molar-refractivity contribution >= 4 is 51.6 Å². The van der Waals surface area contributed by atoms with Crippen LogP contribution in [0.5, 0.6) is 0 Å². The number of halogens is 2. The number of fused-ring (bicyclic) bond motifs is 1. The van der Waals surface area contributed by atoms with Gasteiger partial charge in [-0.1, -0.05) is 65.7 Å². The molecule has 1 N–H and O–H groups in total. The minimum atomic E-state index is -0.226. The topological polar surface area (TPSA) is 29.1 Å². The van der Waals surface area contributed by atoms with Gasteiger partial charge in [0.25, 0.3) is 0 Å². The quantitative estimate of drug-likeness (QED) is 0.599. The Hall–Kier alpha value is -2.29. The van der Waals surface area contributed by atoms with Crippen molar-refractivity contribution in [3.63, 3.8) is 0 Å². The van der Waals surface area contributed by atoms with Gasteiger partial charge < -0.3 is 5.32 Å². The van der Waals surface area contributed by atoms with E-state index in [-0.39, 0.29) is 5.91 Å². The molecular weight excluding hydrogens is 329 g/mol. The highest BCUT2D eigenvalue weighted by atomic mass is 35.5. The Morgan fingerprint density at radius 2 is 1.70 bits per heavy atom. The van der Waals surface area contributed by atoms with Gasteiger partial charge in [0.05, 0.1) is 10.0 Å². The second kappa shape index (κ2) is 6.86. The molecule has 114 valence electrons.